The second-order valence-corrected chi connectivity index (χ2v) is 7.81. The van der Waals surface area contributed by atoms with Crippen LogP contribution >= 0.6 is 0 Å². The summed E-state index contributed by atoms with van der Waals surface area (Å²) < 4.78 is 4.66. The molecule has 0 amide bonds. The average molecular weight is 394 g/mol. The Kier molecular flexibility index (Phi) is 7.24. The number of aliphatic hydroxyl groups is 1. The zero-order valence-electron chi connectivity index (χ0n) is 17.6. The molecule has 29 heavy (non-hydrogen) atoms. The SMILES string of the molecule is COC(=O)C=Cc1ccc2c(c1)CCC2N(CCO)CCc1cc(C)ccc1C. The van der Waals surface area contributed by atoms with Crippen molar-refractivity contribution in [3.8, 4) is 0 Å². The van der Waals surface area contributed by atoms with Crippen molar-refractivity contribution in [2.24, 2.45) is 0 Å². The van der Waals surface area contributed by atoms with E-state index in [1.165, 1.54) is 41.0 Å². The van der Waals surface area contributed by atoms with Gasteiger partial charge in [0, 0.05) is 25.2 Å². The first-order valence-electron chi connectivity index (χ1n) is 10.3. The number of rotatable bonds is 8. The number of benzene rings is 2. The van der Waals surface area contributed by atoms with Crippen LogP contribution in [0.1, 0.15) is 45.8 Å². The lowest BCUT2D eigenvalue weighted by Gasteiger charge is -2.29. The molecule has 4 heteroatoms. The van der Waals surface area contributed by atoms with Crippen molar-refractivity contribution >= 4 is 12.0 Å². The number of ether oxygens (including phenoxy) is 1. The molecule has 1 aliphatic rings. The summed E-state index contributed by atoms with van der Waals surface area (Å²) in [6, 6.07) is 13.3. The molecule has 2 aromatic carbocycles. The minimum Gasteiger partial charge on any atom is -0.466 e. The molecule has 1 N–H and O–H groups in total. The Labute approximate surface area is 173 Å². The van der Waals surface area contributed by atoms with Crippen LogP contribution in [0, 0.1) is 13.8 Å². The van der Waals surface area contributed by atoms with Gasteiger partial charge in [-0.2, -0.15) is 0 Å². The molecule has 0 heterocycles. The molecule has 0 spiro atoms. The Hall–Kier alpha value is -2.43. The van der Waals surface area contributed by atoms with E-state index in [1.807, 2.05) is 0 Å². The number of hydrogen-bond acceptors (Lipinski definition) is 4. The van der Waals surface area contributed by atoms with E-state index >= 15 is 0 Å². The van der Waals surface area contributed by atoms with Crippen molar-refractivity contribution in [1.82, 2.24) is 4.90 Å². The van der Waals surface area contributed by atoms with Gasteiger partial charge >= 0.3 is 5.97 Å². The number of carbonyl (C=O) groups excluding carboxylic acids is 1. The highest BCUT2D eigenvalue weighted by Gasteiger charge is 2.27. The maximum atomic E-state index is 11.3. The van der Waals surface area contributed by atoms with Gasteiger partial charge in [-0.05, 0) is 67.0 Å². The van der Waals surface area contributed by atoms with Crippen molar-refractivity contribution in [3.63, 3.8) is 0 Å². The number of carbonyl (C=O) groups is 1. The van der Waals surface area contributed by atoms with Gasteiger partial charge in [-0.1, -0.05) is 42.0 Å². The van der Waals surface area contributed by atoms with Crippen LogP contribution in [0.25, 0.3) is 6.08 Å². The van der Waals surface area contributed by atoms with Crippen LogP contribution in [0.5, 0.6) is 0 Å². The van der Waals surface area contributed by atoms with Crippen molar-refractivity contribution in [2.45, 2.75) is 39.2 Å². The molecule has 0 bridgehead atoms. The van der Waals surface area contributed by atoms with Crippen molar-refractivity contribution in [3.05, 3.63) is 75.9 Å². The molecule has 4 nitrogen and oxygen atoms in total. The van der Waals surface area contributed by atoms with Crippen LogP contribution in [0.4, 0.5) is 0 Å². The summed E-state index contributed by atoms with van der Waals surface area (Å²) in [4.78, 5) is 13.7. The van der Waals surface area contributed by atoms with Crippen LogP contribution in [-0.4, -0.2) is 42.8 Å². The molecule has 0 saturated carbocycles. The van der Waals surface area contributed by atoms with Gasteiger partial charge in [-0.3, -0.25) is 4.90 Å². The van der Waals surface area contributed by atoms with Crippen LogP contribution in [0.2, 0.25) is 0 Å². The Morgan fingerprint density at radius 3 is 2.79 bits per heavy atom. The van der Waals surface area contributed by atoms with Gasteiger partial charge in [-0.25, -0.2) is 4.79 Å². The van der Waals surface area contributed by atoms with Crippen molar-refractivity contribution < 1.29 is 14.6 Å². The van der Waals surface area contributed by atoms with Gasteiger partial charge < -0.3 is 9.84 Å². The highest BCUT2D eigenvalue weighted by molar-refractivity contribution is 5.86. The first-order chi connectivity index (χ1) is 14.0. The minimum atomic E-state index is -0.344. The van der Waals surface area contributed by atoms with Crippen LogP contribution in [0.15, 0.2) is 42.5 Å². The second-order valence-electron chi connectivity index (χ2n) is 7.81. The summed E-state index contributed by atoms with van der Waals surface area (Å²) in [6.45, 7) is 6.07. The largest absolute Gasteiger partial charge is 0.466 e. The van der Waals surface area contributed by atoms with E-state index in [2.05, 4.69) is 59.9 Å². The summed E-state index contributed by atoms with van der Waals surface area (Å²) in [5, 5.41) is 9.64. The predicted molar refractivity (Wildman–Crippen MR) is 117 cm³/mol. The van der Waals surface area contributed by atoms with Gasteiger partial charge in [0.15, 0.2) is 0 Å². The third kappa shape index (κ3) is 5.34. The van der Waals surface area contributed by atoms with Crippen molar-refractivity contribution in [1.29, 1.82) is 0 Å². The molecular formula is C25H31NO3. The molecule has 154 valence electrons. The van der Waals surface area contributed by atoms with E-state index in [0.29, 0.717) is 12.6 Å². The number of esters is 1. The Bertz CT molecular complexity index is 888. The number of fused-ring (bicyclic) bond motifs is 1. The first-order valence-corrected chi connectivity index (χ1v) is 10.3. The highest BCUT2D eigenvalue weighted by atomic mass is 16.5. The number of aryl methyl sites for hydroxylation is 3. The van der Waals surface area contributed by atoms with E-state index in [4.69, 9.17) is 0 Å². The predicted octanol–water partition coefficient (Wildman–Crippen LogP) is 4.01. The first kappa shape index (κ1) is 21.3. The molecule has 0 radical (unpaired) electrons. The number of nitrogens with zero attached hydrogens (tertiary/aromatic N) is 1. The lowest BCUT2D eigenvalue weighted by atomic mass is 10.0. The van der Waals surface area contributed by atoms with Gasteiger partial charge in [-0.15, -0.1) is 0 Å². The van der Waals surface area contributed by atoms with Gasteiger partial charge in [0.05, 0.1) is 13.7 Å². The topological polar surface area (TPSA) is 49.8 Å². The number of methoxy groups -OCH3 is 1. The average Bonchev–Trinajstić information content (AvgIpc) is 3.14. The zero-order valence-corrected chi connectivity index (χ0v) is 17.6. The summed E-state index contributed by atoms with van der Waals surface area (Å²) in [5.41, 5.74) is 7.69. The zero-order chi connectivity index (χ0) is 20.8. The number of aliphatic hydroxyl groups excluding tert-OH is 1. The van der Waals surface area contributed by atoms with Gasteiger partial charge in [0.25, 0.3) is 0 Å². The van der Waals surface area contributed by atoms with Crippen LogP contribution in [-0.2, 0) is 22.4 Å². The number of hydrogen-bond donors (Lipinski definition) is 1. The molecular weight excluding hydrogens is 362 g/mol. The fourth-order valence-corrected chi connectivity index (χ4v) is 4.22. The van der Waals surface area contributed by atoms with Crippen molar-refractivity contribution in [2.75, 3.05) is 26.8 Å². The molecule has 1 unspecified atom stereocenters. The fourth-order valence-electron chi connectivity index (χ4n) is 4.22. The Morgan fingerprint density at radius 2 is 2.03 bits per heavy atom. The minimum absolute atomic E-state index is 0.165. The van der Waals surface area contributed by atoms with E-state index in [-0.39, 0.29) is 12.6 Å². The molecule has 1 aliphatic carbocycles. The Balaban J connectivity index is 1.74. The third-order valence-corrected chi connectivity index (χ3v) is 5.83. The van der Waals surface area contributed by atoms with Gasteiger partial charge in [0.2, 0.25) is 0 Å². The monoisotopic (exact) mass is 393 g/mol. The molecule has 3 rings (SSSR count). The molecule has 0 aromatic heterocycles. The summed E-state index contributed by atoms with van der Waals surface area (Å²) in [6.07, 6.45) is 6.32. The lowest BCUT2D eigenvalue weighted by Crippen LogP contribution is -2.32. The van der Waals surface area contributed by atoms with E-state index in [1.54, 1.807) is 6.08 Å². The van der Waals surface area contributed by atoms with Crippen LogP contribution < -0.4 is 0 Å². The summed E-state index contributed by atoms with van der Waals surface area (Å²) in [7, 11) is 1.38. The molecule has 0 saturated heterocycles. The maximum absolute atomic E-state index is 11.3. The highest BCUT2D eigenvalue weighted by Crippen LogP contribution is 2.36. The second kappa shape index (κ2) is 9.86. The smallest absolute Gasteiger partial charge is 0.330 e. The molecule has 0 fully saturated rings. The molecule has 0 aliphatic heterocycles. The normalized spacial score (nSPS) is 15.8. The standard InChI is InChI=1S/C25H31NO3/c1-18-4-5-19(2)21(16-18)12-13-26(14-15-27)24-10-8-22-17-20(6-9-23(22)24)7-11-25(28)29-3/h4-7,9,11,16-17,24,27H,8,10,12-15H2,1-3H3. The van der Waals surface area contributed by atoms with E-state index in [0.717, 1.165) is 31.4 Å². The lowest BCUT2D eigenvalue weighted by molar-refractivity contribution is -0.134. The summed E-state index contributed by atoms with van der Waals surface area (Å²) in [5.74, 6) is -0.344. The fraction of sp³-hybridized carbons (Fsp3) is 0.400. The van der Waals surface area contributed by atoms with Gasteiger partial charge in [0.1, 0.15) is 0 Å². The Morgan fingerprint density at radius 1 is 1.21 bits per heavy atom. The maximum Gasteiger partial charge on any atom is 0.330 e. The van der Waals surface area contributed by atoms with E-state index < -0.39 is 0 Å². The van der Waals surface area contributed by atoms with E-state index in [9.17, 15) is 9.90 Å². The third-order valence-electron chi connectivity index (χ3n) is 5.83. The quantitative estimate of drug-likeness (QED) is 0.544. The van der Waals surface area contributed by atoms with Crippen LogP contribution in [0.3, 0.4) is 0 Å². The molecule has 2 aromatic rings. The molecule has 1 atom stereocenters. The summed E-state index contributed by atoms with van der Waals surface area (Å²) >= 11 is 0.